The number of benzene rings is 1. The van der Waals surface area contributed by atoms with Crippen LogP contribution in [-0.4, -0.2) is 55.8 Å². The Labute approximate surface area is 164 Å². The van der Waals surface area contributed by atoms with Gasteiger partial charge in [-0.3, -0.25) is 15.4 Å². The summed E-state index contributed by atoms with van der Waals surface area (Å²) in [7, 11) is -3.81. The van der Waals surface area contributed by atoms with E-state index < -0.39 is 26.9 Å². The van der Waals surface area contributed by atoms with Gasteiger partial charge < -0.3 is 15.4 Å². The van der Waals surface area contributed by atoms with Crippen molar-refractivity contribution in [3.8, 4) is 17.6 Å². The molecule has 0 saturated carbocycles. The number of nitrogens with zero attached hydrogens (tertiary/aromatic N) is 1. The van der Waals surface area contributed by atoms with Crippen molar-refractivity contribution in [1.82, 2.24) is 10.4 Å². The molecule has 0 aromatic heterocycles. The van der Waals surface area contributed by atoms with Crippen molar-refractivity contribution in [3.63, 3.8) is 0 Å². The predicted octanol–water partition coefficient (Wildman–Crippen LogP) is 0.343. The van der Waals surface area contributed by atoms with E-state index in [2.05, 4.69) is 11.8 Å². The van der Waals surface area contributed by atoms with Crippen LogP contribution in [0.1, 0.15) is 19.8 Å². The lowest BCUT2D eigenvalue weighted by atomic mass is 9.79. The SMILES string of the molecule is CC#CCOc1ccc(S(=O)(=O)CC2(C(=O)NO)CCN(C(=N)N)CC2)cc1. The number of hydroxylamine groups is 1. The Bertz CT molecular complexity index is 879. The Morgan fingerprint density at radius 3 is 2.46 bits per heavy atom. The molecule has 0 spiro atoms. The van der Waals surface area contributed by atoms with E-state index in [0.717, 1.165) is 0 Å². The molecule has 1 fully saturated rings. The first kappa shape index (κ1) is 21.5. The van der Waals surface area contributed by atoms with Gasteiger partial charge in [-0.15, -0.1) is 5.92 Å². The van der Waals surface area contributed by atoms with Crippen molar-refractivity contribution in [2.24, 2.45) is 11.1 Å². The first-order valence-corrected chi connectivity index (χ1v) is 10.3. The lowest BCUT2D eigenvalue weighted by Gasteiger charge is -2.39. The summed E-state index contributed by atoms with van der Waals surface area (Å²) >= 11 is 0. The summed E-state index contributed by atoms with van der Waals surface area (Å²) in [5.41, 5.74) is 5.75. The van der Waals surface area contributed by atoms with Crippen LogP contribution in [-0.2, 0) is 14.6 Å². The zero-order valence-electron chi connectivity index (χ0n) is 15.6. The molecule has 1 aromatic rings. The number of piperidine rings is 1. The van der Waals surface area contributed by atoms with Crippen molar-refractivity contribution in [2.75, 3.05) is 25.4 Å². The molecule has 0 radical (unpaired) electrons. The number of hydrogen-bond donors (Lipinski definition) is 4. The minimum Gasteiger partial charge on any atom is -0.481 e. The van der Waals surface area contributed by atoms with Crippen LogP contribution in [0.25, 0.3) is 0 Å². The maximum Gasteiger partial charge on any atom is 0.250 e. The van der Waals surface area contributed by atoms with Gasteiger partial charge in [0.1, 0.15) is 12.4 Å². The monoisotopic (exact) mass is 408 g/mol. The average molecular weight is 408 g/mol. The molecule has 1 saturated heterocycles. The van der Waals surface area contributed by atoms with E-state index in [1.165, 1.54) is 24.3 Å². The van der Waals surface area contributed by atoms with Crippen LogP contribution in [0.15, 0.2) is 29.2 Å². The Morgan fingerprint density at radius 1 is 1.36 bits per heavy atom. The zero-order valence-corrected chi connectivity index (χ0v) is 16.4. The highest BCUT2D eigenvalue weighted by Gasteiger charge is 2.45. The summed E-state index contributed by atoms with van der Waals surface area (Å²) < 4.78 is 31.2. The fourth-order valence-electron chi connectivity index (χ4n) is 3.11. The van der Waals surface area contributed by atoms with Gasteiger partial charge in [-0.1, -0.05) is 5.92 Å². The van der Waals surface area contributed by atoms with Gasteiger partial charge in [0, 0.05) is 13.1 Å². The number of nitrogens with two attached hydrogens (primary N) is 1. The molecule has 9 nitrogen and oxygen atoms in total. The summed E-state index contributed by atoms with van der Waals surface area (Å²) in [6, 6.07) is 5.89. The number of carbonyl (C=O) groups excluding carboxylic acids is 1. The zero-order chi connectivity index (χ0) is 20.8. The number of rotatable bonds is 6. The second-order valence-corrected chi connectivity index (χ2v) is 8.53. The van der Waals surface area contributed by atoms with Gasteiger partial charge in [0.05, 0.1) is 16.1 Å². The van der Waals surface area contributed by atoms with Crippen LogP contribution >= 0.6 is 0 Å². The number of hydrogen-bond acceptors (Lipinski definition) is 6. The van der Waals surface area contributed by atoms with Crippen LogP contribution in [0, 0.1) is 22.7 Å². The third-order valence-electron chi connectivity index (χ3n) is 4.78. The van der Waals surface area contributed by atoms with E-state index in [0.29, 0.717) is 5.75 Å². The number of guanidine groups is 1. The van der Waals surface area contributed by atoms with Crippen LogP contribution < -0.4 is 16.0 Å². The topological polar surface area (TPSA) is 146 Å². The number of likely N-dealkylation sites (tertiary alicyclic amines) is 1. The second kappa shape index (κ2) is 8.95. The van der Waals surface area contributed by atoms with Gasteiger partial charge in [0.2, 0.25) is 0 Å². The average Bonchev–Trinajstić information content (AvgIpc) is 2.68. The molecule has 0 atom stereocenters. The summed E-state index contributed by atoms with van der Waals surface area (Å²) in [5.74, 6) is 4.58. The molecule has 1 aromatic carbocycles. The molecule has 0 unspecified atom stereocenters. The minimum absolute atomic E-state index is 0.0561. The Balaban J connectivity index is 2.19. The minimum atomic E-state index is -3.81. The smallest absolute Gasteiger partial charge is 0.250 e. The van der Waals surface area contributed by atoms with Gasteiger partial charge in [-0.05, 0) is 44.0 Å². The molecule has 152 valence electrons. The molecule has 28 heavy (non-hydrogen) atoms. The van der Waals surface area contributed by atoms with Gasteiger partial charge in [0.15, 0.2) is 15.8 Å². The van der Waals surface area contributed by atoms with E-state index in [9.17, 15) is 13.2 Å². The summed E-state index contributed by atoms with van der Waals surface area (Å²) in [4.78, 5) is 13.9. The van der Waals surface area contributed by atoms with Crippen LogP contribution in [0.3, 0.4) is 0 Å². The normalized spacial score (nSPS) is 15.9. The summed E-state index contributed by atoms with van der Waals surface area (Å²) in [5, 5.41) is 16.6. The lowest BCUT2D eigenvalue weighted by molar-refractivity contribution is -0.140. The highest BCUT2D eigenvalue weighted by molar-refractivity contribution is 7.91. The number of carbonyl (C=O) groups is 1. The molecule has 0 bridgehead atoms. The maximum absolute atomic E-state index is 12.9. The van der Waals surface area contributed by atoms with E-state index in [1.807, 2.05) is 0 Å². The number of nitrogens with one attached hydrogen (secondary N) is 2. The molecular formula is C18H24N4O5S. The van der Waals surface area contributed by atoms with Crippen molar-refractivity contribution >= 4 is 21.7 Å². The Hall–Kier alpha value is -2.77. The number of amides is 1. The molecule has 5 N–H and O–H groups in total. The highest BCUT2D eigenvalue weighted by Crippen LogP contribution is 2.35. The molecule has 1 aliphatic rings. The van der Waals surface area contributed by atoms with Gasteiger partial charge >= 0.3 is 0 Å². The molecular weight excluding hydrogens is 384 g/mol. The molecule has 1 amide bonds. The fourth-order valence-corrected chi connectivity index (χ4v) is 4.98. The Morgan fingerprint density at radius 2 is 1.96 bits per heavy atom. The molecule has 1 heterocycles. The Kier molecular flexibility index (Phi) is 6.88. The molecule has 1 aliphatic heterocycles. The standard InChI is InChI=1S/C18H24N4O5S/c1-2-3-12-27-14-4-6-15(7-5-14)28(25,26)13-18(16(23)21-24)8-10-22(11-9-18)17(19)20/h4-7,24H,8-13H2,1H3,(H3,19,20)(H,21,23). The molecule has 2 rings (SSSR count). The van der Waals surface area contributed by atoms with Gasteiger partial charge in [-0.2, -0.15) is 0 Å². The van der Waals surface area contributed by atoms with Crippen molar-refractivity contribution in [1.29, 1.82) is 5.41 Å². The first-order chi connectivity index (χ1) is 13.2. The highest BCUT2D eigenvalue weighted by atomic mass is 32.2. The van der Waals surface area contributed by atoms with Crippen LogP contribution in [0.2, 0.25) is 0 Å². The third-order valence-corrected chi connectivity index (χ3v) is 6.70. The summed E-state index contributed by atoms with van der Waals surface area (Å²) in [6.45, 7) is 2.40. The molecule has 10 heteroatoms. The van der Waals surface area contributed by atoms with Crippen LogP contribution in [0.4, 0.5) is 0 Å². The van der Waals surface area contributed by atoms with Crippen molar-refractivity contribution in [2.45, 2.75) is 24.7 Å². The number of ether oxygens (including phenoxy) is 1. The number of sulfone groups is 1. The van der Waals surface area contributed by atoms with Gasteiger partial charge in [0.25, 0.3) is 5.91 Å². The van der Waals surface area contributed by atoms with E-state index in [1.54, 1.807) is 17.3 Å². The third kappa shape index (κ3) is 4.94. The maximum atomic E-state index is 12.9. The lowest BCUT2D eigenvalue weighted by Crippen LogP contribution is -2.53. The van der Waals surface area contributed by atoms with Crippen molar-refractivity contribution in [3.05, 3.63) is 24.3 Å². The van der Waals surface area contributed by atoms with E-state index in [4.69, 9.17) is 21.1 Å². The quantitative estimate of drug-likeness (QED) is 0.175. The first-order valence-electron chi connectivity index (χ1n) is 8.63. The summed E-state index contributed by atoms with van der Waals surface area (Å²) in [6.07, 6.45) is 0.296. The van der Waals surface area contributed by atoms with Crippen molar-refractivity contribution < 1.29 is 23.2 Å². The fraction of sp³-hybridized carbons (Fsp3) is 0.444. The molecule has 0 aliphatic carbocycles. The largest absolute Gasteiger partial charge is 0.481 e. The van der Waals surface area contributed by atoms with Crippen LogP contribution in [0.5, 0.6) is 5.75 Å². The van der Waals surface area contributed by atoms with E-state index >= 15 is 0 Å². The van der Waals surface area contributed by atoms with Gasteiger partial charge in [-0.25, -0.2) is 13.9 Å². The van der Waals surface area contributed by atoms with E-state index in [-0.39, 0.29) is 43.4 Å². The second-order valence-electron chi connectivity index (χ2n) is 6.54. The predicted molar refractivity (Wildman–Crippen MR) is 103 cm³/mol.